The molecule has 0 saturated heterocycles. The van der Waals surface area contributed by atoms with Crippen molar-refractivity contribution in [3.8, 4) is 11.5 Å². The SMILES string of the molecule is O=C(/C=C/c1ccc2c(c1)OCO2)NCC[S@@](=O)c1ccccc1. The second-order valence-electron chi connectivity index (χ2n) is 5.10. The van der Waals surface area contributed by atoms with Crippen LogP contribution in [0.15, 0.2) is 59.5 Å². The highest BCUT2D eigenvalue weighted by Gasteiger charge is 2.12. The summed E-state index contributed by atoms with van der Waals surface area (Å²) in [4.78, 5) is 12.6. The Morgan fingerprint density at radius 3 is 2.75 bits per heavy atom. The van der Waals surface area contributed by atoms with E-state index in [0.29, 0.717) is 23.8 Å². The molecule has 2 aromatic rings. The first-order chi connectivity index (χ1) is 11.7. The molecule has 0 unspecified atom stereocenters. The Morgan fingerprint density at radius 1 is 1.12 bits per heavy atom. The van der Waals surface area contributed by atoms with Gasteiger partial charge < -0.3 is 14.8 Å². The Morgan fingerprint density at radius 2 is 1.92 bits per heavy atom. The van der Waals surface area contributed by atoms with Crippen LogP contribution in [0.1, 0.15) is 5.56 Å². The number of benzene rings is 2. The molecule has 1 heterocycles. The van der Waals surface area contributed by atoms with E-state index in [9.17, 15) is 9.00 Å². The lowest BCUT2D eigenvalue weighted by molar-refractivity contribution is -0.116. The van der Waals surface area contributed by atoms with Crippen LogP contribution in [0.2, 0.25) is 0 Å². The van der Waals surface area contributed by atoms with E-state index in [2.05, 4.69) is 5.32 Å². The summed E-state index contributed by atoms with van der Waals surface area (Å²) in [6.07, 6.45) is 3.15. The van der Waals surface area contributed by atoms with Crippen molar-refractivity contribution in [2.24, 2.45) is 0 Å². The maximum atomic E-state index is 12.0. The standard InChI is InChI=1S/C18H17NO4S/c20-18(19-10-11-24(21)15-4-2-1-3-5-15)9-7-14-6-8-16-17(12-14)23-13-22-16/h1-9,12H,10-11,13H2,(H,19,20)/b9-7+/t24-/m1/s1. The van der Waals surface area contributed by atoms with Crippen molar-refractivity contribution in [3.05, 3.63) is 60.2 Å². The number of fused-ring (bicyclic) bond motifs is 1. The summed E-state index contributed by atoms with van der Waals surface area (Å²) in [5.74, 6) is 1.54. The summed E-state index contributed by atoms with van der Waals surface area (Å²) < 4.78 is 22.6. The Kier molecular flexibility index (Phi) is 5.28. The number of nitrogens with one attached hydrogen (secondary N) is 1. The zero-order valence-corrected chi connectivity index (χ0v) is 13.8. The number of carbonyl (C=O) groups excluding carboxylic acids is 1. The average molecular weight is 343 g/mol. The van der Waals surface area contributed by atoms with Gasteiger partial charge in [-0.05, 0) is 35.9 Å². The van der Waals surface area contributed by atoms with Gasteiger partial charge in [0, 0.05) is 23.3 Å². The van der Waals surface area contributed by atoms with E-state index < -0.39 is 10.8 Å². The quantitative estimate of drug-likeness (QED) is 0.818. The molecule has 0 aromatic heterocycles. The van der Waals surface area contributed by atoms with Gasteiger partial charge in [0.1, 0.15) is 0 Å². The van der Waals surface area contributed by atoms with E-state index in [0.717, 1.165) is 10.5 Å². The van der Waals surface area contributed by atoms with Gasteiger partial charge in [-0.2, -0.15) is 0 Å². The van der Waals surface area contributed by atoms with E-state index >= 15 is 0 Å². The molecule has 5 nitrogen and oxygen atoms in total. The molecule has 0 saturated carbocycles. The van der Waals surface area contributed by atoms with Gasteiger partial charge in [-0.15, -0.1) is 0 Å². The summed E-state index contributed by atoms with van der Waals surface area (Å²) in [5.41, 5.74) is 0.849. The monoisotopic (exact) mass is 343 g/mol. The molecule has 1 aliphatic heterocycles. The summed E-state index contributed by atoms with van der Waals surface area (Å²) in [6, 6.07) is 14.7. The number of rotatable bonds is 6. The van der Waals surface area contributed by atoms with E-state index in [1.165, 1.54) is 6.08 Å². The van der Waals surface area contributed by atoms with Gasteiger partial charge in [-0.3, -0.25) is 9.00 Å². The van der Waals surface area contributed by atoms with E-state index in [1.54, 1.807) is 6.08 Å². The first-order valence-corrected chi connectivity index (χ1v) is 8.83. The van der Waals surface area contributed by atoms with Crippen molar-refractivity contribution in [3.63, 3.8) is 0 Å². The second-order valence-corrected chi connectivity index (χ2v) is 6.67. The van der Waals surface area contributed by atoms with Gasteiger partial charge in [0.25, 0.3) is 0 Å². The molecule has 0 bridgehead atoms. The molecule has 0 fully saturated rings. The lowest BCUT2D eigenvalue weighted by Crippen LogP contribution is -2.25. The number of ether oxygens (including phenoxy) is 2. The first-order valence-electron chi connectivity index (χ1n) is 7.51. The summed E-state index contributed by atoms with van der Waals surface area (Å²) in [6.45, 7) is 0.577. The normalized spacial score (nSPS) is 13.8. The maximum Gasteiger partial charge on any atom is 0.244 e. The highest BCUT2D eigenvalue weighted by molar-refractivity contribution is 7.85. The Hall–Kier alpha value is -2.60. The third-order valence-electron chi connectivity index (χ3n) is 3.42. The minimum absolute atomic E-state index is 0.224. The molecule has 1 aliphatic rings. The number of carbonyl (C=O) groups is 1. The van der Waals surface area contributed by atoms with Crippen molar-refractivity contribution in [1.29, 1.82) is 0 Å². The van der Waals surface area contributed by atoms with Crippen LogP contribution < -0.4 is 14.8 Å². The third kappa shape index (κ3) is 4.23. The molecule has 0 radical (unpaired) electrons. The van der Waals surface area contributed by atoms with Gasteiger partial charge >= 0.3 is 0 Å². The molecule has 124 valence electrons. The zero-order valence-electron chi connectivity index (χ0n) is 12.9. The fraction of sp³-hybridized carbons (Fsp3) is 0.167. The van der Waals surface area contributed by atoms with Crippen molar-refractivity contribution >= 4 is 22.8 Å². The maximum absolute atomic E-state index is 12.0. The highest BCUT2D eigenvalue weighted by Crippen LogP contribution is 2.32. The number of hydrogen-bond donors (Lipinski definition) is 1. The number of amides is 1. The Labute approximate surface area is 142 Å². The Bertz CT molecular complexity index is 774. The molecule has 1 atom stereocenters. The van der Waals surface area contributed by atoms with Crippen LogP contribution in [0.3, 0.4) is 0 Å². The van der Waals surface area contributed by atoms with Crippen LogP contribution in [0.5, 0.6) is 11.5 Å². The highest BCUT2D eigenvalue weighted by atomic mass is 32.2. The minimum Gasteiger partial charge on any atom is -0.454 e. The van der Waals surface area contributed by atoms with Crippen molar-refractivity contribution in [2.45, 2.75) is 4.90 Å². The van der Waals surface area contributed by atoms with Crippen LogP contribution in [0.4, 0.5) is 0 Å². The molecular weight excluding hydrogens is 326 g/mol. The van der Waals surface area contributed by atoms with E-state index in [-0.39, 0.29) is 12.7 Å². The largest absolute Gasteiger partial charge is 0.454 e. The lowest BCUT2D eigenvalue weighted by Gasteiger charge is -2.03. The zero-order chi connectivity index (χ0) is 16.8. The van der Waals surface area contributed by atoms with E-state index in [4.69, 9.17) is 9.47 Å². The molecule has 1 N–H and O–H groups in total. The van der Waals surface area contributed by atoms with Gasteiger partial charge in [-0.1, -0.05) is 24.3 Å². The fourth-order valence-corrected chi connectivity index (χ4v) is 3.19. The van der Waals surface area contributed by atoms with Gasteiger partial charge in [0.15, 0.2) is 11.5 Å². The molecule has 0 aliphatic carbocycles. The molecule has 1 amide bonds. The molecule has 0 spiro atoms. The number of hydrogen-bond acceptors (Lipinski definition) is 4. The fourth-order valence-electron chi connectivity index (χ4n) is 2.20. The van der Waals surface area contributed by atoms with Gasteiger partial charge in [0.2, 0.25) is 12.7 Å². The minimum atomic E-state index is -1.11. The predicted octanol–water partition coefficient (Wildman–Crippen LogP) is 2.35. The van der Waals surface area contributed by atoms with Crippen LogP contribution in [-0.4, -0.2) is 29.2 Å². The predicted molar refractivity (Wildman–Crippen MR) is 92.3 cm³/mol. The molecule has 3 rings (SSSR count). The molecule has 24 heavy (non-hydrogen) atoms. The average Bonchev–Trinajstić information content (AvgIpc) is 3.08. The molecular formula is C18H17NO4S. The molecule has 2 aromatic carbocycles. The smallest absolute Gasteiger partial charge is 0.244 e. The Balaban J connectivity index is 1.46. The lowest BCUT2D eigenvalue weighted by atomic mass is 10.2. The van der Waals surface area contributed by atoms with Crippen LogP contribution >= 0.6 is 0 Å². The topological polar surface area (TPSA) is 64.6 Å². The van der Waals surface area contributed by atoms with Gasteiger partial charge in [-0.25, -0.2) is 0 Å². The summed E-state index contributed by atoms with van der Waals surface area (Å²) in [5, 5.41) is 2.73. The van der Waals surface area contributed by atoms with Crippen molar-refractivity contribution < 1.29 is 18.5 Å². The van der Waals surface area contributed by atoms with Crippen molar-refractivity contribution in [2.75, 3.05) is 19.1 Å². The van der Waals surface area contributed by atoms with Crippen molar-refractivity contribution in [1.82, 2.24) is 5.32 Å². The van der Waals surface area contributed by atoms with E-state index in [1.807, 2.05) is 48.5 Å². The van der Waals surface area contributed by atoms with Crippen LogP contribution in [0.25, 0.3) is 6.08 Å². The third-order valence-corrected chi connectivity index (χ3v) is 4.79. The molecule has 6 heteroatoms. The second kappa shape index (κ2) is 7.79. The summed E-state index contributed by atoms with van der Waals surface area (Å²) in [7, 11) is -1.11. The summed E-state index contributed by atoms with van der Waals surface area (Å²) >= 11 is 0. The van der Waals surface area contributed by atoms with Crippen LogP contribution in [0, 0.1) is 0 Å². The first kappa shape index (κ1) is 16.3. The van der Waals surface area contributed by atoms with Crippen LogP contribution in [-0.2, 0) is 15.6 Å². The van der Waals surface area contributed by atoms with Gasteiger partial charge in [0.05, 0.1) is 10.8 Å².